The van der Waals surface area contributed by atoms with Gasteiger partial charge in [-0.2, -0.15) is 0 Å². The van der Waals surface area contributed by atoms with E-state index in [1.165, 1.54) is 42.2 Å². The highest BCUT2D eigenvalue weighted by Gasteiger charge is 2.40. The van der Waals surface area contributed by atoms with E-state index in [-0.39, 0.29) is 5.41 Å². The van der Waals surface area contributed by atoms with Gasteiger partial charge in [0.25, 0.3) is 0 Å². The molecule has 0 bridgehead atoms. The van der Waals surface area contributed by atoms with Crippen molar-refractivity contribution in [3.8, 4) is 17.1 Å². The SMILES string of the molecule is Cc1ccc(C2(c3ccc(OCc4ccnc(-c5cnoc5)n4)cc3)CCC2)cc1. The number of hydrogen-bond acceptors (Lipinski definition) is 5. The highest BCUT2D eigenvalue weighted by Crippen LogP contribution is 2.49. The first-order valence-electron chi connectivity index (χ1n) is 10.3. The first-order chi connectivity index (χ1) is 14.7. The molecule has 0 atom stereocenters. The molecule has 0 aliphatic heterocycles. The Morgan fingerprint density at radius 2 is 1.70 bits per heavy atom. The Bertz CT molecular complexity index is 1120. The van der Waals surface area contributed by atoms with E-state index in [1.54, 1.807) is 12.4 Å². The second kappa shape index (κ2) is 7.75. The second-order valence-electron chi connectivity index (χ2n) is 7.90. The maximum absolute atomic E-state index is 5.98. The first-order valence-corrected chi connectivity index (χ1v) is 10.3. The van der Waals surface area contributed by atoms with Gasteiger partial charge in [0, 0.05) is 11.6 Å². The average molecular weight is 397 g/mol. The van der Waals surface area contributed by atoms with Crippen LogP contribution in [0.2, 0.25) is 0 Å². The Labute approximate surface area is 175 Å². The minimum Gasteiger partial charge on any atom is -0.487 e. The summed E-state index contributed by atoms with van der Waals surface area (Å²) in [4.78, 5) is 8.78. The fraction of sp³-hybridized carbons (Fsp3) is 0.240. The molecule has 5 heteroatoms. The van der Waals surface area contributed by atoms with Crippen LogP contribution in [0.4, 0.5) is 0 Å². The van der Waals surface area contributed by atoms with Crippen LogP contribution in [-0.2, 0) is 12.0 Å². The van der Waals surface area contributed by atoms with Gasteiger partial charge in [-0.1, -0.05) is 53.5 Å². The van der Waals surface area contributed by atoms with E-state index in [4.69, 9.17) is 9.26 Å². The normalized spacial score (nSPS) is 14.8. The zero-order valence-electron chi connectivity index (χ0n) is 16.9. The molecule has 1 aliphatic carbocycles. The predicted octanol–water partition coefficient (Wildman–Crippen LogP) is 5.49. The fourth-order valence-electron chi connectivity index (χ4n) is 4.11. The molecule has 1 fully saturated rings. The molecular weight excluding hydrogens is 374 g/mol. The van der Waals surface area contributed by atoms with Gasteiger partial charge in [-0.3, -0.25) is 0 Å². The van der Waals surface area contributed by atoms with Gasteiger partial charge in [0.05, 0.1) is 17.5 Å². The van der Waals surface area contributed by atoms with E-state index in [2.05, 4.69) is 70.6 Å². The van der Waals surface area contributed by atoms with Gasteiger partial charge in [-0.05, 0) is 49.1 Å². The summed E-state index contributed by atoms with van der Waals surface area (Å²) in [5.41, 5.74) is 5.78. The van der Waals surface area contributed by atoms with E-state index >= 15 is 0 Å². The summed E-state index contributed by atoms with van der Waals surface area (Å²) in [5.74, 6) is 1.42. The highest BCUT2D eigenvalue weighted by molar-refractivity contribution is 5.50. The molecule has 0 N–H and O–H groups in total. The quantitative estimate of drug-likeness (QED) is 0.431. The van der Waals surface area contributed by atoms with Crippen LogP contribution in [0.5, 0.6) is 5.75 Å². The molecule has 0 saturated heterocycles. The van der Waals surface area contributed by atoms with E-state index < -0.39 is 0 Å². The van der Waals surface area contributed by atoms with Crippen LogP contribution < -0.4 is 4.74 Å². The summed E-state index contributed by atoms with van der Waals surface area (Å²) in [5, 5.41) is 3.70. The zero-order valence-corrected chi connectivity index (χ0v) is 16.9. The van der Waals surface area contributed by atoms with Gasteiger partial charge in [0.15, 0.2) is 5.82 Å². The third-order valence-corrected chi connectivity index (χ3v) is 6.01. The lowest BCUT2D eigenvalue weighted by atomic mass is 9.60. The van der Waals surface area contributed by atoms with Gasteiger partial charge in [-0.15, -0.1) is 0 Å². The van der Waals surface area contributed by atoms with Gasteiger partial charge in [-0.25, -0.2) is 9.97 Å². The largest absolute Gasteiger partial charge is 0.487 e. The molecule has 0 spiro atoms. The molecule has 2 aromatic carbocycles. The molecule has 0 unspecified atom stereocenters. The van der Waals surface area contributed by atoms with Crippen molar-refractivity contribution in [3.63, 3.8) is 0 Å². The van der Waals surface area contributed by atoms with Crippen LogP contribution in [0.3, 0.4) is 0 Å². The monoisotopic (exact) mass is 397 g/mol. The third-order valence-electron chi connectivity index (χ3n) is 6.01. The Kier molecular flexibility index (Phi) is 4.79. The number of aryl methyl sites for hydroxylation is 1. The number of benzene rings is 2. The van der Waals surface area contributed by atoms with Crippen molar-refractivity contribution >= 4 is 0 Å². The van der Waals surface area contributed by atoms with E-state index in [9.17, 15) is 0 Å². The highest BCUT2D eigenvalue weighted by atomic mass is 16.5. The lowest BCUT2D eigenvalue weighted by Crippen LogP contribution is -2.35. The summed E-state index contributed by atoms with van der Waals surface area (Å²) in [7, 11) is 0. The summed E-state index contributed by atoms with van der Waals surface area (Å²) >= 11 is 0. The Morgan fingerprint density at radius 3 is 2.33 bits per heavy atom. The van der Waals surface area contributed by atoms with Gasteiger partial charge < -0.3 is 9.26 Å². The molecule has 0 amide bonds. The molecular formula is C25H23N3O2. The van der Waals surface area contributed by atoms with Gasteiger partial charge in [0.1, 0.15) is 18.6 Å². The topological polar surface area (TPSA) is 61.0 Å². The first kappa shape index (κ1) is 18.6. The van der Waals surface area contributed by atoms with Crippen LogP contribution in [0, 0.1) is 6.92 Å². The Morgan fingerprint density at radius 1 is 0.967 bits per heavy atom. The number of rotatable bonds is 6. The van der Waals surface area contributed by atoms with Crippen LogP contribution in [0.25, 0.3) is 11.4 Å². The van der Waals surface area contributed by atoms with Crippen LogP contribution in [0.15, 0.2) is 77.8 Å². The fourth-order valence-corrected chi connectivity index (χ4v) is 4.11. The second-order valence-corrected chi connectivity index (χ2v) is 7.90. The van der Waals surface area contributed by atoms with Crippen molar-refractivity contribution in [1.29, 1.82) is 0 Å². The van der Waals surface area contributed by atoms with Crippen molar-refractivity contribution in [2.75, 3.05) is 0 Å². The number of hydrogen-bond donors (Lipinski definition) is 0. The zero-order chi connectivity index (χ0) is 20.4. The van der Waals surface area contributed by atoms with Crippen LogP contribution in [0.1, 0.15) is 41.6 Å². The molecule has 1 saturated carbocycles. The molecule has 4 aromatic rings. The average Bonchev–Trinajstić information content (AvgIpc) is 3.29. The van der Waals surface area contributed by atoms with E-state index in [0.29, 0.717) is 12.4 Å². The van der Waals surface area contributed by atoms with E-state index in [1.807, 2.05) is 6.07 Å². The molecule has 5 rings (SSSR count). The molecule has 2 aromatic heterocycles. The minimum absolute atomic E-state index is 0.145. The minimum atomic E-state index is 0.145. The summed E-state index contributed by atoms with van der Waals surface area (Å²) in [6, 6.07) is 19.4. The van der Waals surface area contributed by atoms with Crippen molar-refractivity contribution in [2.45, 2.75) is 38.2 Å². The molecule has 150 valence electrons. The standard InChI is InChI=1S/C25H23N3O2/c1-18-3-5-20(6-4-18)25(12-2-13-25)21-7-9-23(10-8-21)29-17-22-11-14-26-24(28-22)19-15-27-30-16-19/h3-11,14-16H,2,12-13,17H2,1H3. The lowest BCUT2D eigenvalue weighted by molar-refractivity contribution is 0.294. The number of aromatic nitrogens is 3. The van der Waals surface area contributed by atoms with E-state index in [0.717, 1.165) is 17.0 Å². The molecule has 0 radical (unpaired) electrons. The van der Waals surface area contributed by atoms with Crippen molar-refractivity contribution in [3.05, 3.63) is 95.6 Å². The smallest absolute Gasteiger partial charge is 0.164 e. The number of nitrogens with zero attached hydrogens (tertiary/aromatic N) is 3. The van der Waals surface area contributed by atoms with Gasteiger partial charge >= 0.3 is 0 Å². The summed E-state index contributed by atoms with van der Waals surface area (Å²) in [6.45, 7) is 2.51. The number of ether oxygens (including phenoxy) is 1. The summed E-state index contributed by atoms with van der Waals surface area (Å²) < 4.78 is 10.8. The third kappa shape index (κ3) is 3.47. The lowest BCUT2D eigenvalue weighted by Gasteiger charge is -2.43. The Balaban J connectivity index is 1.30. The predicted molar refractivity (Wildman–Crippen MR) is 114 cm³/mol. The molecule has 2 heterocycles. The molecule has 30 heavy (non-hydrogen) atoms. The molecule has 1 aliphatic rings. The Hall–Kier alpha value is -3.47. The van der Waals surface area contributed by atoms with Gasteiger partial charge in [0.2, 0.25) is 0 Å². The molecule has 5 nitrogen and oxygen atoms in total. The maximum atomic E-state index is 5.98. The van der Waals surface area contributed by atoms with Crippen molar-refractivity contribution < 1.29 is 9.26 Å². The maximum Gasteiger partial charge on any atom is 0.164 e. The van der Waals surface area contributed by atoms with Crippen LogP contribution >= 0.6 is 0 Å². The van der Waals surface area contributed by atoms with Crippen molar-refractivity contribution in [2.24, 2.45) is 0 Å². The van der Waals surface area contributed by atoms with Crippen LogP contribution in [-0.4, -0.2) is 15.1 Å². The van der Waals surface area contributed by atoms with Crippen molar-refractivity contribution in [1.82, 2.24) is 15.1 Å². The summed E-state index contributed by atoms with van der Waals surface area (Å²) in [6.07, 6.45) is 8.52.